The van der Waals surface area contributed by atoms with Crippen LogP contribution < -0.4 is 4.40 Å². The van der Waals surface area contributed by atoms with Crippen molar-refractivity contribution in [3.63, 3.8) is 0 Å². The van der Waals surface area contributed by atoms with Crippen molar-refractivity contribution in [3.05, 3.63) is 164 Å². The fraction of sp³-hybridized carbons (Fsp3) is 0.0909. The number of rotatable bonds is 5. The first-order valence-electron chi connectivity index (χ1n) is 17.5. The number of aromatic nitrogens is 2. The Morgan fingerprint density at radius 2 is 1.33 bits per heavy atom. The maximum atomic E-state index is 7.98. The molecule has 0 atom stereocenters. The molecule has 0 bridgehead atoms. The van der Waals surface area contributed by atoms with Crippen molar-refractivity contribution in [3.8, 4) is 44.8 Å². The van der Waals surface area contributed by atoms with Crippen LogP contribution >= 0.6 is 0 Å². The molecule has 0 aliphatic rings. The zero-order valence-corrected chi connectivity index (χ0v) is 32.0. The molecular weight excluding hydrogens is 837 g/mol. The van der Waals surface area contributed by atoms with Crippen LogP contribution in [0.2, 0.25) is 17.3 Å². The van der Waals surface area contributed by atoms with E-state index in [2.05, 4.69) is 75.8 Å². The molecule has 0 aliphatic carbocycles. The van der Waals surface area contributed by atoms with E-state index in [1.54, 1.807) is 0 Å². The number of pyridine rings is 2. The van der Waals surface area contributed by atoms with Crippen molar-refractivity contribution < 1.29 is 28.6 Å². The van der Waals surface area contributed by atoms with Crippen LogP contribution in [0, 0.1) is 19.0 Å². The van der Waals surface area contributed by atoms with Crippen LogP contribution in [-0.2, 0) is 20.1 Å². The number of aryl methyl sites for hydroxylation is 1. The van der Waals surface area contributed by atoms with Gasteiger partial charge in [-0.15, -0.1) is 23.8 Å². The van der Waals surface area contributed by atoms with Gasteiger partial charge in [-0.25, -0.2) is 0 Å². The Bertz CT molecular complexity index is 2430. The van der Waals surface area contributed by atoms with E-state index in [1.807, 2.05) is 103 Å². The van der Waals surface area contributed by atoms with Gasteiger partial charge >= 0.3 is 99.8 Å². The number of benzene rings is 5. The maximum absolute atomic E-state index is 7.98. The average Bonchev–Trinajstić information content (AvgIpc) is 3.52. The number of nitrogens with zero attached hydrogens (tertiary/aromatic N) is 2. The molecule has 0 fully saturated rings. The van der Waals surface area contributed by atoms with E-state index in [0.717, 1.165) is 55.4 Å². The van der Waals surface area contributed by atoms with Gasteiger partial charge in [0, 0.05) is 35.8 Å². The molecule has 0 saturated heterocycles. The van der Waals surface area contributed by atoms with Crippen molar-refractivity contribution in [2.75, 3.05) is 0 Å². The number of furan rings is 1. The van der Waals surface area contributed by atoms with Crippen LogP contribution in [0.15, 0.2) is 150 Å². The smallest absolute Gasteiger partial charge is 0 e. The maximum Gasteiger partial charge on any atom is 0 e. The van der Waals surface area contributed by atoms with Gasteiger partial charge in [-0.05, 0) is 52.5 Å². The summed E-state index contributed by atoms with van der Waals surface area (Å²) < 4.78 is 31.4. The second-order valence-corrected chi connectivity index (χ2v) is 23.4. The van der Waals surface area contributed by atoms with E-state index in [1.165, 1.54) is 10.6 Å². The second kappa shape index (κ2) is 14.9. The normalized spacial score (nSPS) is 12.3. The van der Waals surface area contributed by atoms with Crippen LogP contribution in [0.5, 0.6) is 0 Å². The van der Waals surface area contributed by atoms with E-state index in [-0.39, 0.29) is 25.7 Å². The fourth-order valence-electron chi connectivity index (χ4n) is 5.69. The minimum absolute atomic E-state index is 0. The molecule has 243 valence electrons. The summed E-state index contributed by atoms with van der Waals surface area (Å²) >= 11 is -1.72. The van der Waals surface area contributed by atoms with Gasteiger partial charge in [0.2, 0.25) is 0 Å². The first-order valence-corrected chi connectivity index (χ1v) is 23.3. The SMILES string of the molecule is [2H]C([2H])([2H])c1cnc(-c2[c-]cc3oc4ccc(-c5ccccc5)cc4c3c2)cc1-c1ccccc1.[CH3][Ge]([CH3])([CH3])[c]1ccc(-c2[c-]cccc2)nc1.[Ir]. The van der Waals surface area contributed by atoms with Crippen LogP contribution in [-0.4, -0.2) is 23.2 Å². The fourth-order valence-corrected chi connectivity index (χ4v) is 7.86. The molecule has 8 rings (SSSR count). The summed E-state index contributed by atoms with van der Waals surface area (Å²) in [4.78, 5) is 9.05. The van der Waals surface area contributed by atoms with Gasteiger partial charge in [-0.2, -0.15) is 0 Å². The van der Waals surface area contributed by atoms with E-state index < -0.39 is 20.1 Å². The Morgan fingerprint density at radius 1 is 0.612 bits per heavy atom. The summed E-state index contributed by atoms with van der Waals surface area (Å²) in [5.41, 5.74) is 9.03. The summed E-state index contributed by atoms with van der Waals surface area (Å²) in [7, 11) is 0. The first kappa shape index (κ1) is 30.5. The van der Waals surface area contributed by atoms with E-state index >= 15 is 0 Å². The summed E-state index contributed by atoms with van der Waals surface area (Å²) in [6.45, 7) is -2.26. The minimum Gasteiger partial charge on any atom is 0 e. The molecule has 1 radical (unpaired) electrons. The van der Waals surface area contributed by atoms with Crippen LogP contribution in [0.25, 0.3) is 66.7 Å². The number of hydrogen-bond acceptors (Lipinski definition) is 3. The van der Waals surface area contributed by atoms with Crippen LogP contribution in [0.4, 0.5) is 0 Å². The Kier molecular flexibility index (Phi) is 9.25. The molecule has 0 saturated carbocycles. The Labute approximate surface area is 309 Å². The monoisotopic (exact) mass is 878 g/mol. The topological polar surface area (TPSA) is 38.9 Å². The molecule has 0 spiro atoms. The van der Waals surface area contributed by atoms with Gasteiger partial charge in [0.05, 0.1) is 5.58 Å². The quantitative estimate of drug-likeness (QED) is 0.128. The van der Waals surface area contributed by atoms with Gasteiger partial charge in [-0.1, -0.05) is 78.2 Å². The van der Waals surface area contributed by atoms with Crippen molar-refractivity contribution in [2.24, 2.45) is 0 Å². The Morgan fingerprint density at radius 3 is 2.00 bits per heavy atom. The standard InChI is InChI=1S/C30H20NO.C14H16GeN.Ir/c1-20-19-31-28(18-25(20)22-10-6-3-7-11-22)24-13-15-30-27(17-24)26-16-23(12-14-29(26)32-30)21-8-4-2-5-9-21;1-15(2,3)13-9-10-14(16-11-13)12-7-5-4-6-8-12;/h2-12,14-19H,1H3;4-7,9-11H,1-3H3;/q2*-1;/i1D3;;. The van der Waals surface area contributed by atoms with Crippen molar-refractivity contribution in [1.29, 1.82) is 0 Å². The molecule has 0 N–H and O–H groups in total. The molecule has 3 aromatic heterocycles. The largest absolute Gasteiger partial charge is 0 e. The third kappa shape index (κ3) is 7.68. The predicted octanol–water partition coefficient (Wildman–Crippen LogP) is 11.2. The zero-order chi connectivity index (χ0) is 35.6. The second-order valence-electron chi connectivity index (χ2n) is 12.7. The van der Waals surface area contributed by atoms with Gasteiger partial charge in [-0.3, -0.25) is 0 Å². The molecule has 5 aromatic carbocycles. The summed E-state index contributed by atoms with van der Waals surface area (Å²) in [6.07, 6.45) is 3.50. The van der Waals surface area contributed by atoms with Gasteiger partial charge in [0.1, 0.15) is 5.58 Å². The van der Waals surface area contributed by atoms with E-state index in [4.69, 9.17) is 8.53 Å². The Hall–Kier alpha value is -4.61. The molecule has 0 unspecified atom stereocenters. The Balaban J connectivity index is 0.000000230. The summed E-state index contributed by atoms with van der Waals surface area (Å²) in [6, 6.07) is 50.4. The molecule has 3 heterocycles. The zero-order valence-electron chi connectivity index (χ0n) is 30.5. The molecule has 3 nitrogen and oxygen atoms in total. The molecule has 0 aliphatic heterocycles. The number of hydrogen-bond donors (Lipinski definition) is 0. The van der Waals surface area contributed by atoms with Crippen molar-refractivity contribution in [1.82, 2.24) is 9.97 Å². The molecule has 49 heavy (non-hydrogen) atoms. The van der Waals surface area contributed by atoms with Crippen LogP contribution in [0.1, 0.15) is 9.68 Å². The third-order valence-electron chi connectivity index (χ3n) is 8.39. The first-order chi connectivity index (χ1) is 24.5. The van der Waals surface area contributed by atoms with Crippen molar-refractivity contribution in [2.45, 2.75) is 24.1 Å². The number of fused-ring (bicyclic) bond motifs is 3. The van der Waals surface area contributed by atoms with Crippen LogP contribution in [0.3, 0.4) is 0 Å². The molecule has 5 heteroatoms. The minimum atomic E-state index is -2.26. The molecular formula is C44H36GeIrN2O-2. The summed E-state index contributed by atoms with van der Waals surface area (Å²) in [5, 5.41) is 1.98. The van der Waals surface area contributed by atoms with Gasteiger partial charge < -0.3 is 9.40 Å². The van der Waals surface area contributed by atoms with E-state index in [9.17, 15) is 0 Å². The summed E-state index contributed by atoms with van der Waals surface area (Å²) in [5.74, 6) is 7.14. The predicted molar refractivity (Wildman–Crippen MR) is 203 cm³/mol. The van der Waals surface area contributed by atoms with Gasteiger partial charge in [0.25, 0.3) is 0 Å². The van der Waals surface area contributed by atoms with Gasteiger partial charge in [0.15, 0.2) is 0 Å². The van der Waals surface area contributed by atoms with Crippen molar-refractivity contribution >= 4 is 39.6 Å². The molecule has 0 amide bonds. The average molecular weight is 877 g/mol. The third-order valence-corrected chi connectivity index (χ3v) is 12.6. The van der Waals surface area contributed by atoms with E-state index in [0.29, 0.717) is 11.3 Å². The molecule has 8 aromatic rings.